The molecule has 0 radical (unpaired) electrons. The molecule has 3 aromatic carbocycles. The minimum absolute atomic E-state index is 0.118. The number of aromatic nitrogens is 4. The van der Waals surface area contributed by atoms with Crippen molar-refractivity contribution < 1.29 is 19.4 Å². The molecular formula is C38H38N6O4. The summed E-state index contributed by atoms with van der Waals surface area (Å²) in [5.41, 5.74) is 5.53. The molecule has 6 atom stereocenters. The number of carbonyl (C=O) groups is 2. The number of hydrogen-bond donors (Lipinski definition) is 3. The Kier molecular flexibility index (Phi) is 6.32. The zero-order valence-corrected chi connectivity index (χ0v) is 27.2. The van der Waals surface area contributed by atoms with E-state index < -0.39 is 11.7 Å². The minimum Gasteiger partial charge on any atom is -0.465 e. The van der Waals surface area contributed by atoms with Crippen LogP contribution in [-0.2, 0) is 4.74 Å². The van der Waals surface area contributed by atoms with Crippen LogP contribution in [-0.4, -0.2) is 64.7 Å². The smallest absolute Gasteiger partial charge is 0.411 e. The number of ether oxygens (including phenoxy) is 1. The zero-order chi connectivity index (χ0) is 32.9. The summed E-state index contributed by atoms with van der Waals surface area (Å²) in [4.78, 5) is 44.8. The molecule has 2 aliphatic carbocycles. The number of benzene rings is 3. The van der Waals surface area contributed by atoms with Crippen molar-refractivity contribution in [2.75, 3.05) is 0 Å². The van der Waals surface area contributed by atoms with E-state index in [1.54, 1.807) is 11.1 Å². The van der Waals surface area contributed by atoms with Gasteiger partial charge in [0.2, 0.25) is 0 Å². The Morgan fingerprint density at radius 2 is 1.27 bits per heavy atom. The number of hydrogen-bond acceptors (Lipinski definition) is 5. The molecule has 2 amide bonds. The van der Waals surface area contributed by atoms with Crippen LogP contribution in [0.2, 0.25) is 0 Å². The fraction of sp³-hybridized carbons (Fsp3) is 0.368. The van der Waals surface area contributed by atoms with Crippen molar-refractivity contribution >= 4 is 23.0 Å². The van der Waals surface area contributed by atoms with Crippen LogP contribution in [0.25, 0.3) is 44.4 Å². The number of nitrogens with zero attached hydrogens (tertiary/aromatic N) is 4. The Balaban J connectivity index is 0.976. The van der Waals surface area contributed by atoms with E-state index in [1.807, 2.05) is 31.9 Å². The summed E-state index contributed by atoms with van der Waals surface area (Å²) in [6.45, 7) is 5.71. The van der Waals surface area contributed by atoms with Crippen molar-refractivity contribution in [3.05, 3.63) is 84.7 Å². The lowest BCUT2D eigenvalue weighted by Crippen LogP contribution is -2.38. The number of nitrogens with one attached hydrogen (secondary N) is 2. The first-order chi connectivity index (χ1) is 23.1. The molecule has 0 bridgehead atoms. The van der Waals surface area contributed by atoms with Gasteiger partial charge < -0.3 is 19.8 Å². The molecule has 4 aliphatic rings. The molecule has 3 unspecified atom stereocenters. The Bertz CT molecular complexity index is 2080. The molecule has 2 aromatic heterocycles. The summed E-state index contributed by atoms with van der Waals surface area (Å²) in [7, 11) is 0. The normalized spacial score (nSPS) is 25.6. The second-order valence-corrected chi connectivity index (χ2v) is 14.9. The van der Waals surface area contributed by atoms with Gasteiger partial charge in [0.05, 0.1) is 35.9 Å². The lowest BCUT2D eigenvalue weighted by Gasteiger charge is -2.29. The first kappa shape index (κ1) is 29.1. The Morgan fingerprint density at radius 1 is 0.729 bits per heavy atom. The molecule has 10 heteroatoms. The highest BCUT2D eigenvalue weighted by Gasteiger charge is 2.57. The standard InChI is InChI=1S/C38H38N6O4/c1-38(2,3)48-37(47)44-31-15-23(31)17-33(44)35-40-19-29(42-35)27-9-5-7-25-24(6-4-8-26(25)27)20-10-12-21(13-11-20)28-18-39-34(41-28)32-16-22-14-30(22)43(32)36(45)46/h4-13,18-19,22-23,30-33H,14-17H2,1-3H3,(H,39,41)(H,40,42)(H,45,46)/t22?,23-,30?,31-,32?,33+/m1/s1. The Morgan fingerprint density at radius 3 is 1.92 bits per heavy atom. The van der Waals surface area contributed by atoms with Crippen molar-refractivity contribution in [1.82, 2.24) is 29.7 Å². The number of piperidine rings is 2. The van der Waals surface area contributed by atoms with Gasteiger partial charge in [-0.15, -0.1) is 0 Å². The van der Waals surface area contributed by atoms with Crippen molar-refractivity contribution in [2.45, 2.75) is 76.2 Å². The number of amides is 2. The summed E-state index contributed by atoms with van der Waals surface area (Å²) in [6.07, 6.45) is 6.28. The number of imidazole rings is 2. The maximum Gasteiger partial charge on any atom is 0.411 e. The average Bonchev–Trinajstić information content (AvgIpc) is 3.65. The summed E-state index contributed by atoms with van der Waals surface area (Å²) in [5.74, 6) is 2.49. The summed E-state index contributed by atoms with van der Waals surface area (Å²) in [5, 5.41) is 12.0. The van der Waals surface area contributed by atoms with Crippen LogP contribution in [0.5, 0.6) is 0 Å². The molecule has 2 aliphatic heterocycles. The van der Waals surface area contributed by atoms with Crippen LogP contribution < -0.4 is 0 Å². The first-order valence-corrected chi connectivity index (χ1v) is 16.9. The minimum atomic E-state index is -0.867. The predicted molar refractivity (Wildman–Crippen MR) is 181 cm³/mol. The summed E-state index contributed by atoms with van der Waals surface area (Å²) >= 11 is 0. The zero-order valence-electron chi connectivity index (χ0n) is 27.2. The van der Waals surface area contributed by atoms with E-state index in [1.165, 1.54) is 0 Å². The molecule has 2 saturated carbocycles. The van der Waals surface area contributed by atoms with E-state index in [2.05, 4.69) is 75.6 Å². The number of carbonyl (C=O) groups excluding carboxylic acids is 1. The topological polar surface area (TPSA) is 127 Å². The predicted octanol–water partition coefficient (Wildman–Crippen LogP) is 8.17. The summed E-state index contributed by atoms with van der Waals surface area (Å²) < 4.78 is 5.77. The highest BCUT2D eigenvalue weighted by molar-refractivity contribution is 6.04. The van der Waals surface area contributed by atoms with Crippen molar-refractivity contribution in [3.8, 4) is 33.6 Å². The lowest BCUT2D eigenvalue weighted by molar-refractivity contribution is 0.0175. The highest BCUT2D eigenvalue weighted by Crippen LogP contribution is 2.54. The fourth-order valence-corrected chi connectivity index (χ4v) is 8.17. The molecular weight excluding hydrogens is 604 g/mol. The molecule has 48 heavy (non-hydrogen) atoms. The van der Waals surface area contributed by atoms with Gasteiger partial charge in [0.1, 0.15) is 17.2 Å². The quantitative estimate of drug-likeness (QED) is 0.177. The van der Waals surface area contributed by atoms with Gasteiger partial charge in [-0.25, -0.2) is 19.6 Å². The second kappa shape index (κ2) is 10.4. The number of aromatic amines is 2. The third-order valence-corrected chi connectivity index (χ3v) is 10.6. The van der Waals surface area contributed by atoms with Crippen LogP contribution in [0.3, 0.4) is 0 Å². The third-order valence-electron chi connectivity index (χ3n) is 10.6. The summed E-state index contributed by atoms with van der Waals surface area (Å²) in [6, 6.07) is 21.2. The van der Waals surface area contributed by atoms with Crippen molar-refractivity contribution in [2.24, 2.45) is 11.8 Å². The molecule has 5 aromatic rings. The Labute approximate surface area is 278 Å². The first-order valence-electron chi connectivity index (χ1n) is 16.9. The van der Waals surface area contributed by atoms with Gasteiger partial charge in [-0.1, -0.05) is 60.7 Å². The second-order valence-electron chi connectivity index (χ2n) is 14.9. The number of likely N-dealkylation sites (tertiary alicyclic amines) is 2. The monoisotopic (exact) mass is 642 g/mol. The molecule has 4 heterocycles. The molecule has 2 saturated heterocycles. The number of H-pyrrole nitrogens is 2. The van der Waals surface area contributed by atoms with Gasteiger partial charge in [-0.3, -0.25) is 9.80 Å². The third kappa shape index (κ3) is 4.84. The van der Waals surface area contributed by atoms with Gasteiger partial charge >= 0.3 is 12.2 Å². The maximum atomic E-state index is 13.1. The number of rotatable bonds is 5. The molecule has 9 rings (SSSR count). The molecule has 244 valence electrons. The van der Waals surface area contributed by atoms with E-state index >= 15 is 0 Å². The maximum absolute atomic E-state index is 13.1. The lowest BCUT2D eigenvalue weighted by atomic mass is 9.94. The fourth-order valence-electron chi connectivity index (χ4n) is 8.17. The van der Waals surface area contributed by atoms with Gasteiger partial charge in [0.25, 0.3) is 0 Å². The van der Waals surface area contributed by atoms with Crippen LogP contribution >= 0.6 is 0 Å². The van der Waals surface area contributed by atoms with Crippen LogP contribution in [0.4, 0.5) is 9.59 Å². The van der Waals surface area contributed by atoms with Crippen LogP contribution in [0, 0.1) is 11.8 Å². The van der Waals surface area contributed by atoms with Crippen LogP contribution in [0.15, 0.2) is 73.1 Å². The number of fused-ring (bicyclic) bond motifs is 3. The average molecular weight is 643 g/mol. The van der Waals surface area contributed by atoms with Crippen molar-refractivity contribution in [3.63, 3.8) is 0 Å². The van der Waals surface area contributed by atoms with E-state index in [0.717, 1.165) is 81.7 Å². The SMILES string of the molecule is CC(C)(C)OC(=O)N1[C@@H]2C[C@@H]2C[C@H]1c1ncc(-c2cccc3c(-c4ccc(-c5cnc(C6CC7CC7N6C(=O)O)[nH]5)cc4)cccc23)[nH]1. The van der Waals surface area contributed by atoms with E-state index in [4.69, 9.17) is 9.72 Å². The van der Waals surface area contributed by atoms with E-state index in [9.17, 15) is 14.7 Å². The van der Waals surface area contributed by atoms with Crippen LogP contribution in [0.1, 0.15) is 70.2 Å². The molecule has 4 fully saturated rings. The molecule has 0 spiro atoms. The number of carboxylic acid groups (broad SMARTS) is 1. The van der Waals surface area contributed by atoms with Gasteiger partial charge in [-0.05, 0) is 85.8 Å². The van der Waals surface area contributed by atoms with Gasteiger partial charge in [-0.2, -0.15) is 0 Å². The highest BCUT2D eigenvalue weighted by atomic mass is 16.6. The van der Waals surface area contributed by atoms with Gasteiger partial charge in [0.15, 0.2) is 0 Å². The molecule has 3 N–H and O–H groups in total. The Hall–Kier alpha value is -5.12. The van der Waals surface area contributed by atoms with E-state index in [-0.39, 0.29) is 30.3 Å². The van der Waals surface area contributed by atoms with E-state index in [0.29, 0.717) is 11.8 Å². The van der Waals surface area contributed by atoms with Crippen molar-refractivity contribution in [1.29, 1.82) is 0 Å². The van der Waals surface area contributed by atoms with Gasteiger partial charge in [0, 0.05) is 17.6 Å². The largest absolute Gasteiger partial charge is 0.465 e. The molecule has 10 nitrogen and oxygen atoms in total.